The standard InChI is InChI=1S/C20H21ClN2O2/c1-13-3-6-15(7-4-13)11-22-20(25)16-9-19(24)23(12-16)18-10-17(21)8-5-14(18)2/h3-8,10,16H,9,11-12H2,1-2H3,(H,22,25). The summed E-state index contributed by atoms with van der Waals surface area (Å²) in [7, 11) is 0. The molecule has 1 saturated heterocycles. The van der Waals surface area contributed by atoms with Gasteiger partial charge in [-0.15, -0.1) is 0 Å². The van der Waals surface area contributed by atoms with Crippen LogP contribution in [-0.2, 0) is 16.1 Å². The lowest BCUT2D eigenvalue weighted by molar-refractivity contribution is -0.126. The number of hydrogen-bond donors (Lipinski definition) is 1. The fraction of sp³-hybridized carbons (Fsp3) is 0.300. The van der Waals surface area contributed by atoms with Gasteiger partial charge < -0.3 is 10.2 Å². The van der Waals surface area contributed by atoms with Gasteiger partial charge in [0.2, 0.25) is 11.8 Å². The number of aryl methyl sites for hydroxylation is 2. The minimum absolute atomic E-state index is 0.0409. The van der Waals surface area contributed by atoms with Gasteiger partial charge in [-0.3, -0.25) is 9.59 Å². The van der Waals surface area contributed by atoms with Crippen LogP contribution in [0.4, 0.5) is 5.69 Å². The molecule has 1 heterocycles. The molecule has 25 heavy (non-hydrogen) atoms. The van der Waals surface area contributed by atoms with Gasteiger partial charge in [0.15, 0.2) is 0 Å². The Morgan fingerprint density at radius 1 is 1.20 bits per heavy atom. The first kappa shape index (κ1) is 17.5. The van der Waals surface area contributed by atoms with Crippen molar-refractivity contribution in [1.82, 2.24) is 5.32 Å². The second-order valence-electron chi connectivity index (χ2n) is 6.54. The van der Waals surface area contributed by atoms with Gasteiger partial charge >= 0.3 is 0 Å². The van der Waals surface area contributed by atoms with Crippen LogP contribution < -0.4 is 10.2 Å². The summed E-state index contributed by atoms with van der Waals surface area (Å²) >= 11 is 6.05. The summed E-state index contributed by atoms with van der Waals surface area (Å²) in [6.45, 7) is 4.82. The average Bonchev–Trinajstić information content (AvgIpc) is 2.98. The van der Waals surface area contributed by atoms with Crippen molar-refractivity contribution in [3.63, 3.8) is 0 Å². The van der Waals surface area contributed by atoms with Crippen LogP contribution in [0.3, 0.4) is 0 Å². The van der Waals surface area contributed by atoms with Crippen LogP contribution in [0.15, 0.2) is 42.5 Å². The summed E-state index contributed by atoms with van der Waals surface area (Å²) in [5.41, 5.74) is 3.99. The predicted molar refractivity (Wildman–Crippen MR) is 99.7 cm³/mol. The molecule has 0 radical (unpaired) electrons. The van der Waals surface area contributed by atoms with Crippen molar-refractivity contribution in [2.45, 2.75) is 26.8 Å². The first-order chi connectivity index (χ1) is 11.9. The van der Waals surface area contributed by atoms with Gasteiger partial charge in [-0.2, -0.15) is 0 Å². The number of nitrogens with one attached hydrogen (secondary N) is 1. The molecule has 2 amide bonds. The summed E-state index contributed by atoms with van der Waals surface area (Å²) in [5.74, 6) is -0.465. The highest BCUT2D eigenvalue weighted by Gasteiger charge is 2.35. The van der Waals surface area contributed by atoms with E-state index in [1.54, 1.807) is 17.0 Å². The van der Waals surface area contributed by atoms with Gasteiger partial charge in [0, 0.05) is 30.2 Å². The zero-order valence-corrected chi connectivity index (χ0v) is 15.1. The van der Waals surface area contributed by atoms with Gasteiger partial charge in [0.05, 0.1) is 5.92 Å². The van der Waals surface area contributed by atoms with Crippen LogP contribution in [0.2, 0.25) is 5.02 Å². The van der Waals surface area contributed by atoms with Gasteiger partial charge in [-0.25, -0.2) is 0 Å². The number of amides is 2. The maximum Gasteiger partial charge on any atom is 0.227 e. The van der Waals surface area contributed by atoms with E-state index in [9.17, 15) is 9.59 Å². The van der Waals surface area contributed by atoms with Crippen molar-refractivity contribution >= 4 is 29.1 Å². The van der Waals surface area contributed by atoms with Crippen molar-refractivity contribution in [1.29, 1.82) is 0 Å². The Morgan fingerprint density at radius 3 is 2.64 bits per heavy atom. The number of hydrogen-bond acceptors (Lipinski definition) is 2. The molecule has 0 aromatic heterocycles. The summed E-state index contributed by atoms with van der Waals surface area (Å²) in [5, 5.41) is 3.52. The molecule has 5 heteroatoms. The third-order valence-electron chi connectivity index (χ3n) is 4.55. The second-order valence-corrected chi connectivity index (χ2v) is 6.98. The second kappa shape index (κ2) is 7.28. The molecular weight excluding hydrogens is 336 g/mol. The molecule has 0 saturated carbocycles. The highest BCUT2D eigenvalue weighted by Crippen LogP contribution is 2.30. The van der Waals surface area contributed by atoms with E-state index >= 15 is 0 Å². The Kier molecular flexibility index (Phi) is 5.09. The van der Waals surface area contributed by atoms with Crippen LogP contribution in [0.5, 0.6) is 0 Å². The highest BCUT2D eigenvalue weighted by molar-refractivity contribution is 6.31. The Bertz CT molecular complexity index is 802. The molecule has 3 rings (SSSR count). The number of carbonyl (C=O) groups is 2. The largest absolute Gasteiger partial charge is 0.352 e. The van der Waals surface area contributed by atoms with Gasteiger partial charge in [0.1, 0.15) is 0 Å². The zero-order valence-electron chi connectivity index (χ0n) is 14.4. The topological polar surface area (TPSA) is 49.4 Å². The van der Waals surface area contributed by atoms with Crippen molar-refractivity contribution in [3.8, 4) is 0 Å². The van der Waals surface area contributed by atoms with E-state index in [-0.39, 0.29) is 24.2 Å². The molecule has 1 N–H and O–H groups in total. The van der Waals surface area contributed by atoms with E-state index in [2.05, 4.69) is 5.32 Å². The SMILES string of the molecule is Cc1ccc(CNC(=O)C2CC(=O)N(c3cc(Cl)ccc3C)C2)cc1. The van der Waals surface area contributed by atoms with E-state index in [4.69, 9.17) is 11.6 Å². The number of anilines is 1. The number of benzene rings is 2. The summed E-state index contributed by atoms with van der Waals surface area (Å²) in [6, 6.07) is 13.5. The monoisotopic (exact) mass is 356 g/mol. The Labute approximate surface area is 152 Å². The molecule has 2 aromatic carbocycles. The van der Waals surface area contributed by atoms with E-state index in [0.717, 1.165) is 16.8 Å². The normalized spacial score (nSPS) is 17.0. The fourth-order valence-electron chi connectivity index (χ4n) is 3.03. The molecule has 1 aliphatic heterocycles. The third kappa shape index (κ3) is 4.02. The first-order valence-corrected chi connectivity index (χ1v) is 8.71. The van der Waals surface area contributed by atoms with Gasteiger partial charge in [0.25, 0.3) is 0 Å². The van der Waals surface area contributed by atoms with E-state index in [1.807, 2.05) is 44.2 Å². The Hall–Kier alpha value is -2.33. The molecule has 1 fully saturated rings. The van der Waals surface area contributed by atoms with E-state index in [1.165, 1.54) is 5.56 Å². The van der Waals surface area contributed by atoms with Crippen molar-refractivity contribution in [2.75, 3.05) is 11.4 Å². The predicted octanol–water partition coefficient (Wildman–Crippen LogP) is 3.63. The van der Waals surface area contributed by atoms with E-state index < -0.39 is 0 Å². The lowest BCUT2D eigenvalue weighted by atomic mass is 10.1. The van der Waals surface area contributed by atoms with Crippen LogP contribution in [0, 0.1) is 19.8 Å². The lowest BCUT2D eigenvalue weighted by Gasteiger charge is -2.19. The molecule has 130 valence electrons. The van der Waals surface area contributed by atoms with Crippen molar-refractivity contribution < 1.29 is 9.59 Å². The summed E-state index contributed by atoms with van der Waals surface area (Å²) in [4.78, 5) is 26.5. The zero-order chi connectivity index (χ0) is 18.0. The quantitative estimate of drug-likeness (QED) is 0.909. The van der Waals surface area contributed by atoms with Crippen LogP contribution in [-0.4, -0.2) is 18.4 Å². The maximum absolute atomic E-state index is 12.4. The maximum atomic E-state index is 12.4. The molecule has 0 aliphatic carbocycles. The molecule has 2 aromatic rings. The number of halogens is 1. The number of nitrogens with zero attached hydrogens (tertiary/aromatic N) is 1. The smallest absolute Gasteiger partial charge is 0.227 e. The fourth-order valence-corrected chi connectivity index (χ4v) is 3.20. The molecule has 1 aliphatic rings. The molecule has 0 spiro atoms. The third-order valence-corrected chi connectivity index (χ3v) is 4.78. The van der Waals surface area contributed by atoms with Crippen LogP contribution >= 0.6 is 11.6 Å². The average molecular weight is 357 g/mol. The van der Waals surface area contributed by atoms with Crippen molar-refractivity contribution in [3.05, 3.63) is 64.2 Å². The Morgan fingerprint density at radius 2 is 1.92 bits per heavy atom. The Balaban J connectivity index is 1.64. The van der Waals surface area contributed by atoms with Crippen LogP contribution in [0.25, 0.3) is 0 Å². The minimum Gasteiger partial charge on any atom is -0.352 e. The summed E-state index contributed by atoms with van der Waals surface area (Å²) < 4.78 is 0. The van der Waals surface area contributed by atoms with Gasteiger partial charge in [-0.05, 0) is 37.1 Å². The molecular formula is C20H21ClN2O2. The lowest BCUT2D eigenvalue weighted by Crippen LogP contribution is -2.32. The highest BCUT2D eigenvalue weighted by atomic mass is 35.5. The number of carbonyl (C=O) groups excluding carboxylic acids is 2. The molecule has 1 unspecified atom stereocenters. The van der Waals surface area contributed by atoms with Crippen LogP contribution in [0.1, 0.15) is 23.1 Å². The number of rotatable bonds is 4. The summed E-state index contributed by atoms with van der Waals surface area (Å²) in [6.07, 6.45) is 0.228. The minimum atomic E-state index is -0.337. The van der Waals surface area contributed by atoms with E-state index in [0.29, 0.717) is 18.1 Å². The molecule has 1 atom stereocenters. The molecule has 4 nitrogen and oxygen atoms in total. The first-order valence-electron chi connectivity index (χ1n) is 8.34. The molecule has 0 bridgehead atoms. The van der Waals surface area contributed by atoms with Crippen molar-refractivity contribution in [2.24, 2.45) is 5.92 Å². The van der Waals surface area contributed by atoms with Gasteiger partial charge in [-0.1, -0.05) is 47.5 Å².